The van der Waals surface area contributed by atoms with Crippen LogP contribution in [0.3, 0.4) is 0 Å². The van der Waals surface area contributed by atoms with Gasteiger partial charge in [0.05, 0.1) is 7.11 Å². The average molecular weight is 209 g/mol. The third-order valence-electron chi connectivity index (χ3n) is 1.25. The van der Waals surface area contributed by atoms with Crippen molar-refractivity contribution in [3.63, 3.8) is 0 Å². The van der Waals surface area contributed by atoms with Gasteiger partial charge >= 0.3 is 5.97 Å². The summed E-state index contributed by atoms with van der Waals surface area (Å²) in [6, 6.07) is 0. The summed E-state index contributed by atoms with van der Waals surface area (Å²) >= 11 is 0. The second kappa shape index (κ2) is 5.18. The Kier molecular flexibility index (Phi) is 4.94. The highest BCUT2D eigenvalue weighted by atomic mass is 32.2. The first-order valence-electron chi connectivity index (χ1n) is 3.91. The number of esters is 1. The van der Waals surface area contributed by atoms with E-state index in [1.807, 2.05) is 13.8 Å². The molecule has 0 rings (SSSR count). The quantitative estimate of drug-likeness (QED) is 0.633. The van der Waals surface area contributed by atoms with E-state index in [9.17, 15) is 13.2 Å². The molecule has 13 heavy (non-hydrogen) atoms. The topological polar surface area (TPSA) is 72.5 Å². The Bertz CT molecular complexity index is 258. The van der Waals surface area contributed by atoms with Gasteiger partial charge in [-0.1, -0.05) is 13.8 Å². The summed E-state index contributed by atoms with van der Waals surface area (Å²) in [5.74, 6) is -1.15. The van der Waals surface area contributed by atoms with Gasteiger partial charge in [-0.2, -0.15) is 0 Å². The van der Waals surface area contributed by atoms with Gasteiger partial charge in [-0.25, -0.2) is 13.1 Å². The van der Waals surface area contributed by atoms with Gasteiger partial charge in [-0.15, -0.1) is 0 Å². The Labute approximate surface area is 78.5 Å². The van der Waals surface area contributed by atoms with Crippen LogP contribution < -0.4 is 4.72 Å². The number of methoxy groups -OCH3 is 1. The molecule has 0 atom stereocenters. The van der Waals surface area contributed by atoms with Crippen LogP contribution in [-0.2, 0) is 19.6 Å². The third kappa shape index (κ3) is 6.53. The predicted octanol–water partition coefficient (Wildman–Crippen LogP) is -0.265. The summed E-state index contributed by atoms with van der Waals surface area (Å²) in [5.41, 5.74) is 0. The summed E-state index contributed by atoms with van der Waals surface area (Å²) in [6.45, 7) is 4.08. The lowest BCUT2D eigenvalue weighted by Gasteiger charge is -2.07. The van der Waals surface area contributed by atoms with E-state index in [4.69, 9.17) is 0 Å². The van der Waals surface area contributed by atoms with Crippen LogP contribution in [0.25, 0.3) is 0 Å². The molecule has 0 aliphatic heterocycles. The molecule has 0 radical (unpaired) electrons. The first kappa shape index (κ1) is 12.4. The zero-order valence-electron chi connectivity index (χ0n) is 8.03. The van der Waals surface area contributed by atoms with Gasteiger partial charge in [0.25, 0.3) is 0 Å². The second-order valence-electron chi connectivity index (χ2n) is 3.08. The van der Waals surface area contributed by atoms with Crippen LogP contribution in [0.5, 0.6) is 0 Å². The minimum Gasteiger partial charge on any atom is -0.468 e. The number of sulfonamides is 1. The van der Waals surface area contributed by atoms with Crippen LogP contribution in [0.15, 0.2) is 0 Å². The van der Waals surface area contributed by atoms with Crippen LogP contribution >= 0.6 is 0 Å². The summed E-state index contributed by atoms with van der Waals surface area (Å²) in [6.07, 6.45) is 0. The highest BCUT2D eigenvalue weighted by Crippen LogP contribution is 1.92. The van der Waals surface area contributed by atoms with Crippen LogP contribution in [-0.4, -0.2) is 33.8 Å². The molecule has 0 saturated carbocycles. The first-order valence-corrected chi connectivity index (χ1v) is 5.56. The zero-order valence-corrected chi connectivity index (χ0v) is 8.85. The molecular formula is C7H15NO4S. The van der Waals surface area contributed by atoms with Crippen molar-refractivity contribution in [3.05, 3.63) is 0 Å². The lowest BCUT2D eigenvalue weighted by molar-refractivity contribution is -0.137. The normalized spacial score (nSPS) is 11.7. The number of ether oxygens (including phenoxy) is 1. The average Bonchev–Trinajstić information content (AvgIpc) is 2.00. The van der Waals surface area contributed by atoms with Gasteiger partial charge in [0, 0.05) is 6.54 Å². The van der Waals surface area contributed by atoms with Crippen LogP contribution in [0.1, 0.15) is 13.8 Å². The molecule has 1 N–H and O–H groups in total. The highest BCUT2D eigenvalue weighted by molar-refractivity contribution is 7.90. The smallest absolute Gasteiger partial charge is 0.322 e. The molecule has 0 heterocycles. The molecule has 0 aromatic rings. The second-order valence-corrected chi connectivity index (χ2v) is 4.88. The summed E-state index contributed by atoms with van der Waals surface area (Å²) in [5, 5.41) is 0. The van der Waals surface area contributed by atoms with E-state index in [0.717, 1.165) is 7.11 Å². The fraction of sp³-hybridized carbons (Fsp3) is 0.857. The van der Waals surface area contributed by atoms with Crippen molar-refractivity contribution in [1.82, 2.24) is 4.72 Å². The Hall–Kier alpha value is -0.620. The Balaban J connectivity index is 4.02. The molecule has 5 nitrogen and oxygen atoms in total. The standard InChI is InChI=1S/C7H15NO4S/c1-6(2)4-8-13(10,11)5-7(9)12-3/h6,8H,4-5H2,1-3H3. The van der Waals surface area contributed by atoms with Gasteiger partial charge in [0.2, 0.25) is 10.0 Å². The van der Waals surface area contributed by atoms with Crippen LogP contribution in [0.4, 0.5) is 0 Å². The van der Waals surface area contributed by atoms with E-state index >= 15 is 0 Å². The van der Waals surface area contributed by atoms with Gasteiger partial charge < -0.3 is 4.74 Å². The minimum atomic E-state index is -3.51. The number of carbonyl (C=O) groups is 1. The molecule has 0 spiro atoms. The van der Waals surface area contributed by atoms with E-state index in [1.165, 1.54) is 0 Å². The molecule has 0 amide bonds. The van der Waals surface area contributed by atoms with Crippen molar-refractivity contribution in [2.24, 2.45) is 5.92 Å². The Morgan fingerprint density at radius 3 is 2.38 bits per heavy atom. The van der Waals surface area contributed by atoms with Crippen LogP contribution in [0, 0.1) is 5.92 Å². The van der Waals surface area contributed by atoms with Crippen LogP contribution in [0.2, 0.25) is 0 Å². The van der Waals surface area contributed by atoms with E-state index < -0.39 is 21.7 Å². The monoisotopic (exact) mass is 209 g/mol. The molecule has 0 fully saturated rings. The maximum Gasteiger partial charge on any atom is 0.322 e. The number of hydrogen-bond acceptors (Lipinski definition) is 4. The van der Waals surface area contributed by atoms with Crippen molar-refractivity contribution < 1.29 is 17.9 Å². The van der Waals surface area contributed by atoms with Crippen molar-refractivity contribution in [3.8, 4) is 0 Å². The number of hydrogen-bond donors (Lipinski definition) is 1. The highest BCUT2D eigenvalue weighted by Gasteiger charge is 2.16. The summed E-state index contributed by atoms with van der Waals surface area (Å²) in [7, 11) is -2.36. The van der Waals surface area contributed by atoms with E-state index in [-0.39, 0.29) is 5.92 Å². The van der Waals surface area contributed by atoms with Gasteiger partial charge in [-0.05, 0) is 5.92 Å². The number of rotatable bonds is 5. The van der Waals surface area contributed by atoms with Crippen molar-refractivity contribution in [1.29, 1.82) is 0 Å². The minimum absolute atomic E-state index is 0.215. The number of carbonyl (C=O) groups excluding carboxylic acids is 1. The lowest BCUT2D eigenvalue weighted by atomic mass is 10.2. The van der Waals surface area contributed by atoms with Crippen molar-refractivity contribution >= 4 is 16.0 Å². The molecule has 0 aliphatic rings. The molecule has 0 bridgehead atoms. The molecule has 0 unspecified atom stereocenters. The maximum absolute atomic E-state index is 11.1. The lowest BCUT2D eigenvalue weighted by Crippen LogP contribution is -2.33. The maximum atomic E-state index is 11.1. The molecule has 78 valence electrons. The Morgan fingerprint density at radius 1 is 1.46 bits per heavy atom. The third-order valence-corrected chi connectivity index (χ3v) is 2.47. The molecule has 0 aliphatic carbocycles. The summed E-state index contributed by atoms with van der Waals surface area (Å²) < 4.78 is 28.7. The fourth-order valence-corrected chi connectivity index (χ4v) is 1.68. The van der Waals surface area contributed by atoms with E-state index in [2.05, 4.69) is 9.46 Å². The molecular weight excluding hydrogens is 194 g/mol. The fourth-order valence-electron chi connectivity index (χ4n) is 0.559. The molecule has 0 aromatic carbocycles. The molecule has 0 saturated heterocycles. The van der Waals surface area contributed by atoms with Gasteiger partial charge in [0.15, 0.2) is 5.75 Å². The van der Waals surface area contributed by atoms with E-state index in [0.29, 0.717) is 6.54 Å². The van der Waals surface area contributed by atoms with Crippen molar-refractivity contribution in [2.45, 2.75) is 13.8 Å². The Morgan fingerprint density at radius 2 is 2.00 bits per heavy atom. The van der Waals surface area contributed by atoms with Gasteiger partial charge in [0.1, 0.15) is 0 Å². The largest absolute Gasteiger partial charge is 0.468 e. The number of nitrogens with one attached hydrogen (secondary N) is 1. The molecule has 6 heteroatoms. The van der Waals surface area contributed by atoms with Crippen molar-refractivity contribution in [2.75, 3.05) is 19.4 Å². The predicted molar refractivity (Wildman–Crippen MR) is 48.6 cm³/mol. The SMILES string of the molecule is COC(=O)CS(=O)(=O)NCC(C)C. The molecule has 0 aromatic heterocycles. The zero-order chi connectivity index (χ0) is 10.5. The summed E-state index contributed by atoms with van der Waals surface area (Å²) in [4.78, 5) is 10.6. The first-order chi connectivity index (χ1) is 5.87. The van der Waals surface area contributed by atoms with E-state index in [1.54, 1.807) is 0 Å². The van der Waals surface area contributed by atoms with Gasteiger partial charge in [-0.3, -0.25) is 4.79 Å².